The van der Waals surface area contributed by atoms with Crippen molar-refractivity contribution in [2.24, 2.45) is 0 Å². The summed E-state index contributed by atoms with van der Waals surface area (Å²) in [5.74, 6) is 0. The molecule has 0 spiro atoms. The van der Waals surface area contributed by atoms with Crippen molar-refractivity contribution in [2.75, 3.05) is 59.3 Å². The molecule has 3 unspecified atom stereocenters. The number of nitrogens with zero attached hydrogens (tertiary/aromatic N) is 1. The Bertz CT molecular complexity index is 493. The maximum absolute atomic E-state index is 10.7. The molecule has 46 heavy (non-hydrogen) atoms. The van der Waals surface area contributed by atoms with E-state index in [-0.39, 0.29) is 19.8 Å². The summed E-state index contributed by atoms with van der Waals surface area (Å²) in [5, 5.41) is 32.1. The van der Waals surface area contributed by atoms with Crippen LogP contribution in [0.5, 0.6) is 0 Å². The van der Waals surface area contributed by atoms with Crippen molar-refractivity contribution in [1.82, 2.24) is 4.90 Å². The zero-order valence-corrected chi connectivity index (χ0v) is 31.1. The number of aliphatic hydroxyl groups excluding tert-OH is 3. The molecule has 0 amide bonds. The second-order valence-corrected chi connectivity index (χ2v) is 13.8. The molecule has 0 aliphatic heterocycles. The molecule has 0 aromatic rings. The molecule has 7 heteroatoms. The highest BCUT2D eigenvalue weighted by molar-refractivity contribution is 4.72. The van der Waals surface area contributed by atoms with E-state index in [2.05, 4.69) is 20.8 Å². The number of hydrogen-bond acceptors (Lipinski definition) is 7. The summed E-state index contributed by atoms with van der Waals surface area (Å²) in [6.07, 6.45) is 28.1. The molecule has 0 aliphatic carbocycles. The van der Waals surface area contributed by atoms with Crippen LogP contribution in [0.4, 0.5) is 0 Å². The molecule has 278 valence electrons. The van der Waals surface area contributed by atoms with Gasteiger partial charge in [-0.3, -0.25) is 4.90 Å². The van der Waals surface area contributed by atoms with Crippen molar-refractivity contribution >= 4 is 0 Å². The van der Waals surface area contributed by atoms with Crippen LogP contribution in [0.25, 0.3) is 0 Å². The number of rotatable bonds is 39. The predicted molar refractivity (Wildman–Crippen MR) is 195 cm³/mol. The fraction of sp³-hybridized carbons (Fsp3) is 1.00. The molecule has 0 aromatic heterocycles. The van der Waals surface area contributed by atoms with Crippen LogP contribution < -0.4 is 0 Å². The maximum Gasteiger partial charge on any atom is 0.0900 e. The van der Waals surface area contributed by atoms with Gasteiger partial charge in [0.15, 0.2) is 0 Å². The quantitative estimate of drug-likeness (QED) is 0.0568. The van der Waals surface area contributed by atoms with E-state index in [4.69, 9.17) is 14.2 Å². The van der Waals surface area contributed by atoms with Crippen LogP contribution in [-0.2, 0) is 14.2 Å². The van der Waals surface area contributed by atoms with Crippen molar-refractivity contribution in [1.29, 1.82) is 0 Å². The van der Waals surface area contributed by atoms with Crippen LogP contribution in [-0.4, -0.2) is 97.8 Å². The number of ether oxygens (including phenoxy) is 3. The minimum Gasteiger partial charge on any atom is -0.389 e. The fourth-order valence-corrected chi connectivity index (χ4v) is 5.95. The number of hydrogen-bond donors (Lipinski definition) is 3. The zero-order valence-electron chi connectivity index (χ0n) is 31.1. The first kappa shape index (κ1) is 45.7. The highest BCUT2D eigenvalue weighted by Crippen LogP contribution is 2.11. The lowest BCUT2D eigenvalue weighted by Gasteiger charge is -2.29. The normalized spacial score (nSPS) is 13.9. The molecule has 0 aromatic carbocycles. The van der Waals surface area contributed by atoms with Crippen molar-refractivity contribution in [3.05, 3.63) is 0 Å². The van der Waals surface area contributed by atoms with E-state index in [1.54, 1.807) is 0 Å². The first-order valence-electron chi connectivity index (χ1n) is 20.0. The van der Waals surface area contributed by atoms with Gasteiger partial charge in [-0.25, -0.2) is 0 Å². The average Bonchev–Trinajstić information content (AvgIpc) is 3.03. The van der Waals surface area contributed by atoms with Gasteiger partial charge in [0.2, 0.25) is 0 Å². The lowest BCUT2D eigenvalue weighted by Crippen LogP contribution is -2.45. The van der Waals surface area contributed by atoms with Gasteiger partial charge in [0.1, 0.15) is 0 Å². The van der Waals surface area contributed by atoms with Crippen molar-refractivity contribution in [2.45, 2.75) is 193 Å². The predicted octanol–water partition coefficient (Wildman–Crippen LogP) is 8.84. The zero-order chi connectivity index (χ0) is 33.8. The second kappa shape index (κ2) is 37.5. The summed E-state index contributed by atoms with van der Waals surface area (Å²) in [6, 6.07) is 0. The van der Waals surface area contributed by atoms with Crippen LogP contribution >= 0.6 is 0 Å². The lowest BCUT2D eigenvalue weighted by atomic mass is 10.1. The Labute approximate surface area is 286 Å². The van der Waals surface area contributed by atoms with Crippen molar-refractivity contribution in [3.63, 3.8) is 0 Å². The fourth-order valence-electron chi connectivity index (χ4n) is 5.95. The third-order valence-corrected chi connectivity index (χ3v) is 8.76. The van der Waals surface area contributed by atoms with Gasteiger partial charge in [-0.05, 0) is 19.3 Å². The molecule has 0 heterocycles. The molecule has 0 aliphatic rings. The standard InChI is InChI=1S/C39H81NO6/c1-4-7-10-13-16-19-22-25-28-44-34-37(41)31-40(32-38(42)35-45-29-26-23-20-17-14-11-8-5-2)33-39(43)36-46-30-27-24-21-18-15-12-9-6-3/h37-39,41-43H,4-36H2,1-3H3. The molecule has 0 saturated heterocycles. The van der Waals surface area contributed by atoms with Crippen LogP contribution in [0, 0.1) is 0 Å². The Balaban J connectivity index is 4.34. The third-order valence-electron chi connectivity index (χ3n) is 8.76. The highest BCUT2D eigenvalue weighted by Gasteiger charge is 2.19. The van der Waals surface area contributed by atoms with E-state index in [1.807, 2.05) is 4.90 Å². The van der Waals surface area contributed by atoms with E-state index >= 15 is 0 Å². The molecule has 0 fully saturated rings. The molecule has 0 rings (SSSR count). The molecule has 7 nitrogen and oxygen atoms in total. The Kier molecular flexibility index (Phi) is 37.3. The van der Waals surface area contributed by atoms with Crippen molar-refractivity contribution < 1.29 is 29.5 Å². The first-order chi connectivity index (χ1) is 22.5. The average molecular weight is 660 g/mol. The van der Waals surface area contributed by atoms with Gasteiger partial charge in [0.05, 0.1) is 38.1 Å². The van der Waals surface area contributed by atoms with Gasteiger partial charge < -0.3 is 29.5 Å². The van der Waals surface area contributed by atoms with Crippen LogP contribution in [0.2, 0.25) is 0 Å². The van der Waals surface area contributed by atoms with E-state index in [0.717, 1.165) is 19.3 Å². The summed E-state index contributed by atoms with van der Waals surface area (Å²) >= 11 is 0. The number of aliphatic hydroxyl groups is 3. The molecule has 0 radical (unpaired) electrons. The molecule has 0 saturated carbocycles. The monoisotopic (exact) mass is 660 g/mol. The van der Waals surface area contributed by atoms with Crippen LogP contribution in [0.3, 0.4) is 0 Å². The summed E-state index contributed by atoms with van der Waals surface area (Å²) in [6.45, 7) is 10.5. The topological polar surface area (TPSA) is 91.6 Å². The first-order valence-corrected chi connectivity index (χ1v) is 20.0. The maximum atomic E-state index is 10.7. The minimum atomic E-state index is -0.676. The van der Waals surface area contributed by atoms with Gasteiger partial charge in [0, 0.05) is 39.5 Å². The van der Waals surface area contributed by atoms with Crippen LogP contribution in [0.1, 0.15) is 175 Å². The molecule has 0 bridgehead atoms. The Morgan fingerprint density at radius 3 is 0.804 bits per heavy atom. The molecule has 3 atom stereocenters. The summed E-state index contributed by atoms with van der Waals surface area (Å²) in [5.41, 5.74) is 0. The van der Waals surface area contributed by atoms with E-state index < -0.39 is 18.3 Å². The smallest absolute Gasteiger partial charge is 0.0900 e. The minimum absolute atomic E-state index is 0.267. The summed E-state index contributed by atoms with van der Waals surface area (Å²) < 4.78 is 17.3. The molecular formula is C39H81NO6. The Hall–Kier alpha value is -0.280. The molecular weight excluding hydrogens is 578 g/mol. The largest absolute Gasteiger partial charge is 0.389 e. The van der Waals surface area contributed by atoms with E-state index in [1.165, 1.54) is 135 Å². The van der Waals surface area contributed by atoms with Gasteiger partial charge in [0.25, 0.3) is 0 Å². The molecule has 3 N–H and O–H groups in total. The van der Waals surface area contributed by atoms with Crippen LogP contribution in [0.15, 0.2) is 0 Å². The van der Waals surface area contributed by atoms with Gasteiger partial charge in [-0.1, -0.05) is 156 Å². The SMILES string of the molecule is CCCCCCCCCCOCC(O)CN(CC(O)COCCCCCCCCCC)CC(O)COCCCCCCCCCC. The second-order valence-electron chi connectivity index (χ2n) is 13.8. The summed E-state index contributed by atoms with van der Waals surface area (Å²) in [4.78, 5) is 1.93. The van der Waals surface area contributed by atoms with Crippen molar-refractivity contribution in [3.8, 4) is 0 Å². The highest BCUT2D eigenvalue weighted by atomic mass is 16.5. The number of unbranched alkanes of at least 4 members (excludes halogenated alkanes) is 21. The Morgan fingerprint density at radius 2 is 0.565 bits per heavy atom. The van der Waals surface area contributed by atoms with Gasteiger partial charge >= 0.3 is 0 Å². The summed E-state index contributed by atoms with van der Waals surface area (Å²) in [7, 11) is 0. The lowest BCUT2D eigenvalue weighted by molar-refractivity contribution is -0.0328. The van der Waals surface area contributed by atoms with E-state index in [0.29, 0.717) is 39.5 Å². The van der Waals surface area contributed by atoms with Gasteiger partial charge in [-0.15, -0.1) is 0 Å². The van der Waals surface area contributed by atoms with E-state index in [9.17, 15) is 15.3 Å². The van der Waals surface area contributed by atoms with Gasteiger partial charge in [-0.2, -0.15) is 0 Å². The Morgan fingerprint density at radius 1 is 0.348 bits per heavy atom. The third kappa shape index (κ3) is 35.0.